The summed E-state index contributed by atoms with van der Waals surface area (Å²) in [4.78, 5) is 13.2. The summed E-state index contributed by atoms with van der Waals surface area (Å²) >= 11 is 1.77. The molecule has 5 nitrogen and oxygen atoms in total. The van der Waals surface area contributed by atoms with Gasteiger partial charge in [0.05, 0.1) is 5.01 Å². The van der Waals surface area contributed by atoms with Crippen LogP contribution in [0.15, 0.2) is 35.6 Å². The van der Waals surface area contributed by atoms with Crippen molar-refractivity contribution in [1.82, 2.24) is 20.6 Å². The van der Waals surface area contributed by atoms with Crippen molar-refractivity contribution in [1.29, 1.82) is 0 Å². The first-order valence-corrected chi connectivity index (χ1v) is 9.65. The van der Waals surface area contributed by atoms with Gasteiger partial charge in [-0.2, -0.15) is 0 Å². The Morgan fingerprint density at radius 1 is 1.26 bits per heavy atom. The van der Waals surface area contributed by atoms with Gasteiger partial charge in [0.25, 0.3) is 0 Å². The highest BCUT2D eigenvalue weighted by molar-refractivity contribution is 14.0. The van der Waals surface area contributed by atoms with Crippen LogP contribution in [0, 0.1) is 5.82 Å². The van der Waals surface area contributed by atoms with Gasteiger partial charge in [-0.15, -0.1) is 35.3 Å². The summed E-state index contributed by atoms with van der Waals surface area (Å²) in [5.41, 5.74) is 2.05. The molecule has 0 saturated heterocycles. The van der Waals surface area contributed by atoms with Crippen LogP contribution in [0.1, 0.15) is 22.4 Å². The highest BCUT2D eigenvalue weighted by Gasteiger charge is 2.06. The molecule has 0 fully saturated rings. The molecule has 8 heteroatoms. The van der Waals surface area contributed by atoms with Gasteiger partial charge in [0.2, 0.25) is 0 Å². The zero-order valence-electron chi connectivity index (χ0n) is 15.5. The van der Waals surface area contributed by atoms with Gasteiger partial charge in [-0.3, -0.25) is 4.99 Å². The molecule has 3 N–H and O–H groups in total. The molecule has 0 aliphatic carbocycles. The van der Waals surface area contributed by atoms with Crippen molar-refractivity contribution in [2.75, 3.05) is 20.1 Å². The SMILES string of the molecule is CCc1cnc(CCNC(=NC)NCCc2c[nH]c3ccc(F)cc23)s1.I. The molecule has 0 bridgehead atoms. The Hall–Kier alpha value is -1.68. The average molecular weight is 501 g/mol. The number of thiazole rings is 1. The number of aromatic nitrogens is 2. The minimum Gasteiger partial charge on any atom is -0.361 e. The maximum absolute atomic E-state index is 13.4. The van der Waals surface area contributed by atoms with Crippen molar-refractivity contribution in [3.63, 3.8) is 0 Å². The lowest BCUT2D eigenvalue weighted by Gasteiger charge is -2.11. The van der Waals surface area contributed by atoms with Crippen LogP contribution in [0.25, 0.3) is 10.9 Å². The topological polar surface area (TPSA) is 65.1 Å². The Bertz CT molecular complexity index is 889. The lowest BCUT2D eigenvalue weighted by Crippen LogP contribution is -2.39. The lowest BCUT2D eigenvalue weighted by atomic mass is 10.1. The maximum Gasteiger partial charge on any atom is 0.191 e. The van der Waals surface area contributed by atoms with Gasteiger partial charge in [-0.05, 0) is 36.6 Å². The first-order chi connectivity index (χ1) is 12.7. The molecule has 1 aromatic carbocycles. The Balaban J connectivity index is 0.00000261. The van der Waals surface area contributed by atoms with E-state index >= 15 is 0 Å². The van der Waals surface area contributed by atoms with E-state index < -0.39 is 0 Å². The van der Waals surface area contributed by atoms with Crippen molar-refractivity contribution in [2.24, 2.45) is 4.99 Å². The van der Waals surface area contributed by atoms with E-state index in [0.717, 1.165) is 59.8 Å². The van der Waals surface area contributed by atoms with E-state index in [4.69, 9.17) is 0 Å². The Labute approximate surface area is 179 Å². The second-order valence-corrected chi connectivity index (χ2v) is 7.20. The first kappa shape index (κ1) is 21.6. The summed E-state index contributed by atoms with van der Waals surface area (Å²) in [5.74, 6) is 0.556. The number of aliphatic imine (C=N–C) groups is 1. The molecule has 0 atom stereocenters. The number of hydrogen-bond donors (Lipinski definition) is 3. The van der Waals surface area contributed by atoms with Crippen molar-refractivity contribution in [3.05, 3.63) is 51.9 Å². The van der Waals surface area contributed by atoms with Gasteiger partial charge in [0.1, 0.15) is 5.82 Å². The monoisotopic (exact) mass is 501 g/mol. The second kappa shape index (κ2) is 10.6. The molecule has 0 amide bonds. The summed E-state index contributed by atoms with van der Waals surface area (Å²) in [7, 11) is 1.76. The van der Waals surface area contributed by atoms with Gasteiger partial charge >= 0.3 is 0 Å². The van der Waals surface area contributed by atoms with E-state index in [1.807, 2.05) is 12.4 Å². The summed E-state index contributed by atoms with van der Waals surface area (Å²) in [6.45, 7) is 3.65. The minimum atomic E-state index is -0.211. The number of H-pyrrole nitrogens is 1. The molecule has 0 saturated carbocycles. The molecule has 3 rings (SSSR count). The fourth-order valence-electron chi connectivity index (χ4n) is 2.81. The van der Waals surface area contributed by atoms with Gasteiger partial charge in [0, 0.05) is 54.7 Å². The van der Waals surface area contributed by atoms with E-state index in [-0.39, 0.29) is 29.8 Å². The van der Waals surface area contributed by atoms with Crippen LogP contribution in [0.4, 0.5) is 4.39 Å². The summed E-state index contributed by atoms with van der Waals surface area (Å²) in [6, 6.07) is 4.82. The summed E-state index contributed by atoms with van der Waals surface area (Å²) < 4.78 is 13.4. The number of fused-ring (bicyclic) bond motifs is 1. The zero-order valence-corrected chi connectivity index (χ0v) is 18.7. The van der Waals surface area contributed by atoms with Crippen molar-refractivity contribution >= 4 is 52.2 Å². The van der Waals surface area contributed by atoms with Gasteiger partial charge < -0.3 is 15.6 Å². The molecular formula is C19H25FIN5S. The second-order valence-electron chi connectivity index (χ2n) is 6.00. The third-order valence-corrected chi connectivity index (χ3v) is 5.42. The zero-order chi connectivity index (χ0) is 18.4. The molecule has 2 heterocycles. The molecule has 146 valence electrons. The van der Waals surface area contributed by atoms with Gasteiger partial charge in [0.15, 0.2) is 5.96 Å². The average Bonchev–Trinajstić information content (AvgIpc) is 3.27. The lowest BCUT2D eigenvalue weighted by molar-refractivity contribution is 0.629. The van der Waals surface area contributed by atoms with Crippen LogP contribution in [0.2, 0.25) is 0 Å². The predicted octanol–water partition coefficient (Wildman–Crippen LogP) is 3.89. The van der Waals surface area contributed by atoms with E-state index in [1.54, 1.807) is 30.5 Å². The fraction of sp³-hybridized carbons (Fsp3) is 0.368. The minimum absolute atomic E-state index is 0. The molecule has 0 unspecified atom stereocenters. The molecule has 2 aromatic heterocycles. The van der Waals surface area contributed by atoms with Crippen LogP contribution in [-0.2, 0) is 19.3 Å². The smallest absolute Gasteiger partial charge is 0.191 e. The molecule has 0 spiro atoms. The molecular weight excluding hydrogens is 476 g/mol. The number of hydrogen-bond acceptors (Lipinski definition) is 3. The maximum atomic E-state index is 13.4. The number of halogens is 2. The predicted molar refractivity (Wildman–Crippen MR) is 122 cm³/mol. The Morgan fingerprint density at radius 3 is 2.74 bits per heavy atom. The third-order valence-electron chi connectivity index (χ3n) is 4.22. The highest BCUT2D eigenvalue weighted by Crippen LogP contribution is 2.19. The largest absolute Gasteiger partial charge is 0.361 e. The van der Waals surface area contributed by atoms with Crippen LogP contribution in [-0.4, -0.2) is 36.1 Å². The summed E-state index contributed by atoms with van der Waals surface area (Å²) in [6.07, 6.45) is 6.60. The normalized spacial score (nSPS) is 11.4. The quantitative estimate of drug-likeness (QED) is 0.262. The van der Waals surface area contributed by atoms with Crippen molar-refractivity contribution in [2.45, 2.75) is 26.2 Å². The van der Waals surface area contributed by atoms with Crippen molar-refractivity contribution < 1.29 is 4.39 Å². The van der Waals surface area contributed by atoms with Gasteiger partial charge in [-0.25, -0.2) is 9.37 Å². The van der Waals surface area contributed by atoms with Gasteiger partial charge in [-0.1, -0.05) is 6.92 Å². The number of benzene rings is 1. The molecule has 0 radical (unpaired) electrons. The number of aromatic amines is 1. The number of guanidine groups is 1. The first-order valence-electron chi connectivity index (χ1n) is 8.83. The number of nitrogens with zero attached hydrogens (tertiary/aromatic N) is 2. The Kier molecular flexibility index (Phi) is 8.49. The third kappa shape index (κ3) is 5.90. The standard InChI is InChI=1S/C19H24FN5S.HI/c1-3-15-12-25-18(26-15)7-9-23-19(21-2)22-8-6-13-11-24-17-5-4-14(20)10-16(13)17;/h4-5,10-12,24H,3,6-9H2,1-2H3,(H2,21,22,23);1H. The van der Waals surface area contributed by atoms with Crippen LogP contribution < -0.4 is 10.6 Å². The van der Waals surface area contributed by atoms with E-state index in [0.29, 0.717) is 0 Å². The molecule has 3 aromatic rings. The van der Waals surface area contributed by atoms with Crippen LogP contribution >= 0.6 is 35.3 Å². The number of nitrogens with one attached hydrogen (secondary N) is 3. The van der Waals surface area contributed by atoms with Crippen molar-refractivity contribution in [3.8, 4) is 0 Å². The highest BCUT2D eigenvalue weighted by atomic mass is 127. The molecule has 27 heavy (non-hydrogen) atoms. The summed E-state index contributed by atoms with van der Waals surface area (Å²) in [5, 5.41) is 8.69. The molecule has 0 aliphatic rings. The van der Waals surface area contributed by atoms with E-state index in [2.05, 4.69) is 32.5 Å². The number of aryl methyl sites for hydroxylation is 1. The van der Waals surface area contributed by atoms with E-state index in [9.17, 15) is 4.39 Å². The van der Waals surface area contributed by atoms with Crippen LogP contribution in [0.5, 0.6) is 0 Å². The number of rotatable bonds is 7. The van der Waals surface area contributed by atoms with E-state index in [1.165, 1.54) is 10.9 Å². The molecule has 0 aliphatic heterocycles. The fourth-order valence-corrected chi connectivity index (χ4v) is 3.67. The van der Waals surface area contributed by atoms with Crippen LogP contribution in [0.3, 0.4) is 0 Å². The Morgan fingerprint density at radius 2 is 2.04 bits per heavy atom.